The van der Waals surface area contributed by atoms with Gasteiger partial charge in [-0.15, -0.1) is 0 Å². The van der Waals surface area contributed by atoms with Crippen LogP contribution in [0.4, 0.5) is 29.3 Å². The van der Waals surface area contributed by atoms with Gasteiger partial charge in [0.2, 0.25) is 0 Å². The number of alkyl halides is 3. The van der Waals surface area contributed by atoms with Gasteiger partial charge in [0.05, 0.1) is 23.5 Å². The van der Waals surface area contributed by atoms with E-state index in [0.717, 1.165) is 24.3 Å². The minimum atomic E-state index is -4.50. The number of halogens is 3. The van der Waals surface area contributed by atoms with Gasteiger partial charge in [-0.25, -0.2) is 4.79 Å². The van der Waals surface area contributed by atoms with Crippen LogP contribution in [0, 0.1) is 0 Å². The van der Waals surface area contributed by atoms with Crippen molar-refractivity contribution in [3.63, 3.8) is 0 Å². The molecule has 3 aromatic rings. The summed E-state index contributed by atoms with van der Waals surface area (Å²) in [5.41, 5.74) is -0.0654. The Morgan fingerprint density at radius 1 is 0.765 bits per heavy atom. The highest BCUT2D eigenvalue weighted by molar-refractivity contribution is 6.10. The van der Waals surface area contributed by atoms with E-state index in [9.17, 15) is 27.6 Å². The standard InChI is InChI=1S/C24H19F3N2O5/c1-2-33-23(32)34-18-13-9-16(10-14-18)22(31)29-20-6-4-3-5-19(20)28-21(30)15-7-11-17(12-8-15)24(25,26)27/h3-14H,2H2,1H3,(H,28,30)(H,29,31). The quantitative estimate of drug-likeness (QED) is 0.352. The van der Waals surface area contributed by atoms with E-state index in [1.54, 1.807) is 25.1 Å². The Hall–Kier alpha value is -4.34. The van der Waals surface area contributed by atoms with Crippen LogP contribution in [0.3, 0.4) is 0 Å². The molecule has 2 amide bonds. The van der Waals surface area contributed by atoms with E-state index < -0.39 is 29.7 Å². The van der Waals surface area contributed by atoms with Gasteiger partial charge in [0.25, 0.3) is 11.8 Å². The zero-order chi connectivity index (χ0) is 24.7. The Kier molecular flexibility index (Phi) is 7.52. The maximum Gasteiger partial charge on any atom is 0.513 e. The molecule has 0 spiro atoms. The topological polar surface area (TPSA) is 93.7 Å². The van der Waals surface area contributed by atoms with Gasteiger partial charge in [0.1, 0.15) is 5.75 Å². The lowest BCUT2D eigenvalue weighted by molar-refractivity contribution is -0.137. The molecule has 10 heteroatoms. The zero-order valence-electron chi connectivity index (χ0n) is 17.8. The van der Waals surface area contributed by atoms with E-state index >= 15 is 0 Å². The highest BCUT2D eigenvalue weighted by atomic mass is 19.4. The van der Waals surface area contributed by atoms with Gasteiger partial charge in [-0.2, -0.15) is 13.2 Å². The molecule has 2 N–H and O–H groups in total. The number of nitrogens with one attached hydrogen (secondary N) is 2. The van der Waals surface area contributed by atoms with Gasteiger partial charge < -0.3 is 20.1 Å². The predicted octanol–water partition coefficient (Wildman–Crippen LogP) is 5.75. The zero-order valence-corrected chi connectivity index (χ0v) is 17.8. The first-order valence-corrected chi connectivity index (χ1v) is 10.0. The molecule has 3 rings (SSSR count). The molecule has 0 aliphatic carbocycles. The fraction of sp³-hybridized carbons (Fsp3) is 0.125. The van der Waals surface area contributed by atoms with Crippen molar-refractivity contribution in [1.82, 2.24) is 0 Å². The van der Waals surface area contributed by atoms with Crippen molar-refractivity contribution in [2.45, 2.75) is 13.1 Å². The average Bonchev–Trinajstić information content (AvgIpc) is 2.80. The first-order chi connectivity index (χ1) is 16.2. The molecule has 0 bridgehead atoms. The summed E-state index contributed by atoms with van der Waals surface area (Å²) in [5, 5.41) is 5.24. The third-order valence-electron chi connectivity index (χ3n) is 4.48. The maximum atomic E-state index is 12.7. The fourth-order valence-corrected chi connectivity index (χ4v) is 2.82. The van der Waals surface area contributed by atoms with Crippen molar-refractivity contribution in [3.05, 3.63) is 89.5 Å². The molecule has 0 heterocycles. The number of benzene rings is 3. The fourth-order valence-electron chi connectivity index (χ4n) is 2.82. The summed E-state index contributed by atoms with van der Waals surface area (Å²) < 4.78 is 47.8. The Balaban J connectivity index is 1.68. The highest BCUT2D eigenvalue weighted by Crippen LogP contribution is 2.29. The summed E-state index contributed by atoms with van der Waals surface area (Å²) in [6.45, 7) is 1.80. The SMILES string of the molecule is CCOC(=O)Oc1ccc(C(=O)Nc2ccccc2NC(=O)c2ccc(C(F)(F)F)cc2)cc1. The molecule has 0 saturated carbocycles. The molecule has 0 aliphatic heterocycles. The molecule has 0 fully saturated rings. The number of carbonyl (C=O) groups excluding carboxylic acids is 3. The second kappa shape index (κ2) is 10.5. The third-order valence-corrected chi connectivity index (χ3v) is 4.48. The minimum absolute atomic E-state index is 0.0197. The van der Waals surface area contributed by atoms with Crippen LogP contribution in [-0.2, 0) is 10.9 Å². The van der Waals surface area contributed by atoms with E-state index in [2.05, 4.69) is 15.4 Å². The molecule has 0 aromatic heterocycles. The Bertz CT molecular complexity index is 1180. The Labute approximate surface area is 192 Å². The molecule has 0 aliphatic rings. The summed E-state index contributed by atoms with van der Waals surface area (Å²) in [5.74, 6) is -0.950. The first kappa shape index (κ1) is 24.3. The van der Waals surface area contributed by atoms with Gasteiger partial charge in [0.15, 0.2) is 0 Å². The first-order valence-electron chi connectivity index (χ1n) is 10.0. The molecule has 7 nitrogen and oxygen atoms in total. The van der Waals surface area contributed by atoms with Crippen molar-refractivity contribution < 1.29 is 37.0 Å². The molecule has 0 saturated heterocycles. The molecule has 176 valence electrons. The lowest BCUT2D eigenvalue weighted by Gasteiger charge is -2.13. The van der Waals surface area contributed by atoms with Crippen LogP contribution in [-0.4, -0.2) is 24.6 Å². The van der Waals surface area contributed by atoms with Crippen LogP contribution >= 0.6 is 0 Å². The molecular formula is C24H19F3N2O5. The molecule has 34 heavy (non-hydrogen) atoms. The number of rotatable bonds is 6. The molecule has 3 aromatic carbocycles. The van der Waals surface area contributed by atoms with E-state index in [0.29, 0.717) is 0 Å². The maximum absolute atomic E-state index is 12.7. The van der Waals surface area contributed by atoms with Gasteiger partial charge in [-0.3, -0.25) is 9.59 Å². The number of hydrogen-bond acceptors (Lipinski definition) is 5. The average molecular weight is 472 g/mol. The van der Waals surface area contributed by atoms with Crippen LogP contribution in [0.2, 0.25) is 0 Å². The van der Waals surface area contributed by atoms with Gasteiger partial charge in [0, 0.05) is 11.1 Å². The second-order valence-electron chi connectivity index (χ2n) is 6.84. The van der Waals surface area contributed by atoms with Gasteiger partial charge >= 0.3 is 12.3 Å². The number of amides is 2. The van der Waals surface area contributed by atoms with Gasteiger partial charge in [-0.1, -0.05) is 12.1 Å². The Morgan fingerprint density at radius 2 is 1.24 bits per heavy atom. The van der Waals surface area contributed by atoms with Crippen molar-refractivity contribution in [1.29, 1.82) is 0 Å². The molecule has 0 atom stereocenters. The normalized spacial score (nSPS) is 10.8. The summed E-state index contributed by atoms with van der Waals surface area (Å²) in [7, 11) is 0. The molecular weight excluding hydrogens is 453 g/mol. The molecule has 0 radical (unpaired) electrons. The number of hydrogen-bond donors (Lipinski definition) is 2. The van der Waals surface area contributed by atoms with E-state index in [4.69, 9.17) is 4.74 Å². The molecule has 0 unspecified atom stereocenters. The van der Waals surface area contributed by atoms with Crippen molar-refractivity contribution in [3.8, 4) is 5.75 Å². The van der Waals surface area contributed by atoms with E-state index in [-0.39, 0.29) is 34.9 Å². The third kappa shape index (κ3) is 6.35. The van der Waals surface area contributed by atoms with Gasteiger partial charge in [-0.05, 0) is 67.6 Å². The largest absolute Gasteiger partial charge is 0.513 e. The van der Waals surface area contributed by atoms with Crippen LogP contribution in [0.1, 0.15) is 33.2 Å². The van der Waals surface area contributed by atoms with Crippen LogP contribution in [0.5, 0.6) is 5.75 Å². The van der Waals surface area contributed by atoms with E-state index in [1.165, 1.54) is 30.3 Å². The second-order valence-corrected chi connectivity index (χ2v) is 6.84. The summed E-state index contributed by atoms with van der Waals surface area (Å²) >= 11 is 0. The lowest BCUT2D eigenvalue weighted by Crippen LogP contribution is -2.17. The number of carbonyl (C=O) groups is 3. The van der Waals surface area contributed by atoms with Crippen LogP contribution in [0.25, 0.3) is 0 Å². The van der Waals surface area contributed by atoms with Crippen LogP contribution in [0.15, 0.2) is 72.8 Å². The van der Waals surface area contributed by atoms with Crippen LogP contribution < -0.4 is 15.4 Å². The van der Waals surface area contributed by atoms with Crippen molar-refractivity contribution in [2.75, 3.05) is 17.2 Å². The number of para-hydroxylation sites is 2. The van der Waals surface area contributed by atoms with E-state index in [1.807, 2.05) is 0 Å². The minimum Gasteiger partial charge on any atom is -0.434 e. The smallest absolute Gasteiger partial charge is 0.434 e. The summed E-state index contributed by atoms with van der Waals surface area (Å²) in [4.78, 5) is 36.5. The highest BCUT2D eigenvalue weighted by Gasteiger charge is 2.30. The predicted molar refractivity (Wildman–Crippen MR) is 118 cm³/mol. The van der Waals surface area contributed by atoms with Crippen molar-refractivity contribution >= 4 is 29.3 Å². The lowest BCUT2D eigenvalue weighted by atomic mass is 10.1. The summed E-state index contributed by atoms with van der Waals surface area (Å²) in [6, 6.07) is 15.8. The number of ether oxygens (including phenoxy) is 2. The number of anilines is 2. The Morgan fingerprint density at radius 3 is 1.68 bits per heavy atom. The summed E-state index contributed by atoms with van der Waals surface area (Å²) in [6.07, 6.45) is -5.37. The van der Waals surface area contributed by atoms with Crippen molar-refractivity contribution in [2.24, 2.45) is 0 Å². The monoisotopic (exact) mass is 472 g/mol.